The number of aromatic nitrogens is 1. The van der Waals surface area contributed by atoms with Gasteiger partial charge in [0.2, 0.25) is 0 Å². The molecule has 0 radical (unpaired) electrons. The summed E-state index contributed by atoms with van der Waals surface area (Å²) in [6.07, 6.45) is 4.70. The molecule has 0 spiro atoms. The second kappa shape index (κ2) is 6.83. The normalized spacial score (nSPS) is 23.4. The quantitative estimate of drug-likeness (QED) is 0.912. The van der Waals surface area contributed by atoms with Gasteiger partial charge in [0.25, 0.3) is 5.91 Å². The van der Waals surface area contributed by atoms with Crippen LogP contribution in [0.25, 0.3) is 0 Å². The molecule has 1 aromatic heterocycles. The summed E-state index contributed by atoms with van der Waals surface area (Å²) in [6.45, 7) is 5.57. The summed E-state index contributed by atoms with van der Waals surface area (Å²) in [5, 5.41) is 3.46. The van der Waals surface area contributed by atoms with Crippen LogP contribution in [0.1, 0.15) is 42.3 Å². The molecule has 0 aromatic carbocycles. The van der Waals surface area contributed by atoms with E-state index in [0.29, 0.717) is 10.0 Å². The van der Waals surface area contributed by atoms with Crippen molar-refractivity contribution in [3.8, 4) is 0 Å². The summed E-state index contributed by atoms with van der Waals surface area (Å²) in [6, 6.07) is 0.0822. The fraction of sp³-hybridized carbons (Fsp3) is 0.733. The fourth-order valence-electron chi connectivity index (χ4n) is 3.80. The molecule has 22 heavy (non-hydrogen) atoms. The number of rotatable bonds is 4. The molecular weight excluding hydrogens is 322 g/mol. The predicted octanol–water partition coefficient (Wildman–Crippen LogP) is 2.56. The highest BCUT2D eigenvalue weighted by atomic mass is 35.5. The van der Waals surface area contributed by atoms with Crippen molar-refractivity contribution < 1.29 is 9.53 Å². The van der Waals surface area contributed by atoms with Gasteiger partial charge in [0, 0.05) is 24.7 Å². The third kappa shape index (κ3) is 3.02. The Balaban J connectivity index is 1.74. The molecule has 1 amide bonds. The number of thiazole rings is 1. The fourth-order valence-corrected chi connectivity index (χ4v) is 4.70. The first-order chi connectivity index (χ1) is 10.6. The minimum Gasteiger partial charge on any atom is -0.379 e. The molecule has 1 atom stereocenters. The Morgan fingerprint density at radius 3 is 2.73 bits per heavy atom. The van der Waals surface area contributed by atoms with Gasteiger partial charge >= 0.3 is 0 Å². The first-order valence-corrected chi connectivity index (χ1v) is 9.12. The molecule has 1 saturated carbocycles. The zero-order valence-electron chi connectivity index (χ0n) is 12.8. The van der Waals surface area contributed by atoms with Crippen LogP contribution in [0.4, 0.5) is 0 Å². The highest BCUT2D eigenvalue weighted by molar-refractivity contribution is 7.12. The number of nitrogens with one attached hydrogen (secondary N) is 1. The molecule has 2 fully saturated rings. The maximum atomic E-state index is 12.5. The third-order valence-corrected chi connectivity index (χ3v) is 6.22. The molecular formula is C15H22ClN3O2S. The average Bonchev–Trinajstić information content (AvgIpc) is 3.17. The molecule has 1 aliphatic carbocycles. The van der Waals surface area contributed by atoms with Gasteiger partial charge in [-0.1, -0.05) is 24.4 Å². The van der Waals surface area contributed by atoms with Crippen LogP contribution in [0.15, 0.2) is 5.51 Å². The van der Waals surface area contributed by atoms with E-state index in [-0.39, 0.29) is 17.5 Å². The summed E-state index contributed by atoms with van der Waals surface area (Å²) in [5.41, 5.74) is 1.66. The Morgan fingerprint density at radius 1 is 1.45 bits per heavy atom. The molecule has 1 aromatic rings. The van der Waals surface area contributed by atoms with E-state index in [1.165, 1.54) is 24.2 Å². The van der Waals surface area contributed by atoms with Gasteiger partial charge in [-0.15, -0.1) is 11.3 Å². The number of ether oxygens (including phenoxy) is 1. The van der Waals surface area contributed by atoms with Crippen LogP contribution < -0.4 is 5.32 Å². The van der Waals surface area contributed by atoms with Gasteiger partial charge in [-0.25, -0.2) is 4.98 Å². The Hall–Kier alpha value is -0.690. The van der Waals surface area contributed by atoms with E-state index in [4.69, 9.17) is 16.3 Å². The number of hydrogen-bond acceptors (Lipinski definition) is 5. The minimum absolute atomic E-state index is 0.0522. The van der Waals surface area contributed by atoms with Crippen molar-refractivity contribution in [1.29, 1.82) is 0 Å². The summed E-state index contributed by atoms with van der Waals surface area (Å²) >= 11 is 7.26. The number of hydrogen-bond donors (Lipinski definition) is 1. The van der Waals surface area contributed by atoms with Crippen LogP contribution in [-0.2, 0) is 4.74 Å². The summed E-state index contributed by atoms with van der Waals surface area (Å²) in [7, 11) is 0. The van der Waals surface area contributed by atoms with Gasteiger partial charge in [-0.3, -0.25) is 9.69 Å². The zero-order chi connectivity index (χ0) is 15.6. The van der Waals surface area contributed by atoms with Gasteiger partial charge in [0.1, 0.15) is 4.88 Å². The number of morpholine rings is 1. The van der Waals surface area contributed by atoms with Gasteiger partial charge < -0.3 is 10.1 Å². The van der Waals surface area contributed by atoms with Gasteiger partial charge in [0.05, 0.1) is 18.7 Å². The first-order valence-electron chi connectivity index (χ1n) is 7.86. The van der Waals surface area contributed by atoms with E-state index in [0.717, 1.165) is 39.1 Å². The van der Waals surface area contributed by atoms with Crippen molar-refractivity contribution in [2.75, 3.05) is 26.3 Å². The monoisotopic (exact) mass is 343 g/mol. The number of halogens is 1. The third-order valence-electron chi connectivity index (χ3n) is 4.99. The number of amides is 1. The molecule has 1 aliphatic heterocycles. The molecule has 2 heterocycles. The van der Waals surface area contributed by atoms with E-state index in [2.05, 4.69) is 22.1 Å². The summed E-state index contributed by atoms with van der Waals surface area (Å²) in [5.74, 6) is -0.112. The summed E-state index contributed by atoms with van der Waals surface area (Å²) < 4.78 is 5.49. The second-order valence-corrected chi connectivity index (χ2v) is 7.29. The molecule has 2 aliphatic rings. The van der Waals surface area contributed by atoms with Crippen LogP contribution in [0.3, 0.4) is 0 Å². The van der Waals surface area contributed by atoms with Crippen molar-refractivity contribution in [3.05, 3.63) is 15.5 Å². The lowest BCUT2D eigenvalue weighted by Crippen LogP contribution is -2.62. The lowest BCUT2D eigenvalue weighted by Gasteiger charge is -2.47. The Bertz CT molecular complexity index is 525. The summed E-state index contributed by atoms with van der Waals surface area (Å²) in [4.78, 5) is 19.4. The molecule has 1 unspecified atom stereocenters. The van der Waals surface area contributed by atoms with Crippen LogP contribution >= 0.6 is 22.9 Å². The Kier molecular flexibility index (Phi) is 5.02. The Morgan fingerprint density at radius 2 is 2.14 bits per heavy atom. The van der Waals surface area contributed by atoms with Gasteiger partial charge in [0.15, 0.2) is 5.15 Å². The SMILES string of the molecule is CC(NC(=O)c1scnc1Cl)C1(N2CCOCC2)CCCC1. The molecule has 1 N–H and O–H groups in total. The van der Waals surface area contributed by atoms with E-state index in [1.54, 1.807) is 5.51 Å². The smallest absolute Gasteiger partial charge is 0.264 e. The molecule has 0 bridgehead atoms. The predicted molar refractivity (Wildman–Crippen MR) is 87.6 cm³/mol. The zero-order valence-corrected chi connectivity index (χ0v) is 14.4. The van der Waals surface area contributed by atoms with E-state index >= 15 is 0 Å². The highest BCUT2D eigenvalue weighted by Gasteiger charge is 2.45. The first kappa shape index (κ1) is 16.2. The van der Waals surface area contributed by atoms with Crippen molar-refractivity contribution in [3.63, 3.8) is 0 Å². The maximum Gasteiger partial charge on any atom is 0.264 e. The molecule has 7 heteroatoms. The lowest BCUT2D eigenvalue weighted by atomic mass is 9.86. The van der Waals surface area contributed by atoms with Crippen LogP contribution in [0.2, 0.25) is 5.15 Å². The minimum atomic E-state index is -0.112. The number of carbonyl (C=O) groups is 1. The average molecular weight is 344 g/mol. The van der Waals surface area contributed by atoms with Gasteiger partial charge in [-0.05, 0) is 19.8 Å². The number of carbonyl (C=O) groups excluding carboxylic acids is 1. The maximum absolute atomic E-state index is 12.5. The van der Waals surface area contributed by atoms with Gasteiger partial charge in [-0.2, -0.15) is 0 Å². The van der Waals surface area contributed by atoms with E-state index in [1.807, 2.05) is 0 Å². The molecule has 1 saturated heterocycles. The molecule has 3 rings (SSSR count). The van der Waals surface area contributed by atoms with Crippen molar-refractivity contribution in [2.45, 2.75) is 44.2 Å². The largest absolute Gasteiger partial charge is 0.379 e. The topological polar surface area (TPSA) is 54.5 Å². The lowest BCUT2D eigenvalue weighted by molar-refractivity contribution is -0.0323. The highest BCUT2D eigenvalue weighted by Crippen LogP contribution is 2.38. The van der Waals surface area contributed by atoms with Crippen molar-refractivity contribution in [2.24, 2.45) is 0 Å². The van der Waals surface area contributed by atoms with Crippen molar-refractivity contribution >= 4 is 28.8 Å². The Labute approximate surface area is 140 Å². The van der Waals surface area contributed by atoms with E-state index < -0.39 is 0 Å². The van der Waals surface area contributed by atoms with Crippen LogP contribution in [-0.4, -0.2) is 53.7 Å². The molecule has 122 valence electrons. The van der Waals surface area contributed by atoms with Crippen molar-refractivity contribution in [1.82, 2.24) is 15.2 Å². The van der Waals surface area contributed by atoms with Crippen LogP contribution in [0.5, 0.6) is 0 Å². The molecule has 5 nitrogen and oxygen atoms in total. The van der Waals surface area contributed by atoms with Crippen LogP contribution in [0, 0.1) is 0 Å². The van der Waals surface area contributed by atoms with E-state index in [9.17, 15) is 4.79 Å². The number of nitrogens with zero attached hydrogens (tertiary/aromatic N) is 2. The standard InChI is InChI=1S/C15H22ClN3O2S/c1-11(18-14(20)12-13(16)17-10-22-12)15(4-2-3-5-15)19-6-8-21-9-7-19/h10-11H,2-9H2,1H3,(H,18,20). The second-order valence-electron chi connectivity index (χ2n) is 6.08.